The summed E-state index contributed by atoms with van der Waals surface area (Å²) in [4.78, 5) is 24.1. The maximum Gasteiger partial charge on any atom is 0.416 e. The van der Waals surface area contributed by atoms with Gasteiger partial charge in [0.15, 0.2) is 15.9 Å². The number of carbonyl (C=O) groups excluding carboxylic acids is 2. The zero-order chi connectivity index (χ0) is 22.0. The lowest BCUT2D eigenvalue weighted by molar-refractivity contribution is -0.137. The third-order valence-corrected chi connectivity index (χ3v) is 5.26. The minimum atomic E-state index is -4.58. The van der Waals surface area contributed by atoms with Gasteiger partial charge < -0.3 is 10.1 Å². The van der Waals surface area contributed by atoms with Crippen LogP contribution in [0.1, 0.15) is 22.8 Å². The van der Waals surface area contributed by atoms with Crippen molar-refractivity contribution in [2.24, 2.45) is 0 Å². The lowest BCUT2D eigenvalue weighted by Crippen LogP contribution is -2.30. The third kappa shape index (κ3) is 5.94. The molecule has 2 rings (SSSR count). The number of alkyl halides is 3. The number of ether oxygens (including phenoxy) is 1. The van der Waals surface area contributed by atoms with Crippen LogP contribution in [0.5, 0.6) is 0 Å². The van der Waals surface area contributed by atoms with Gasteiger partial charge in [-0.3, -0.25) is 4.79 Å². The maximum atomic E-state index is 12.7. The molecule has 29 heavy (non-hydrogen) atoms. The molecule has 156 valence electrons. The Hall–Kier alpha value is -2.59. The summed E-state index contributed by atoms with van der Waals surface area (Å²) in [6.45, 7) is 1.22. The summed E-state index contributed by atoms with van der Waals surface area (Å²) in [6.07, 6.45) is -5.03. The summed E-state index contributed by atoms with van der Waals surface area (Å²) >= 11 is 5.80. The van der Waals surface area contributed by atoms with Crippen LogP contribution in [0, 0.1) is 0 Å². The van der Waals surface area contributed by atoms with Gasteiger partial charge in [0.1, 0.15) is 0 Å². The highest BCUT2D eigenvalue weighted by molar-refractivity contribution is 7.90. The SMILES string of the molecule is CC(OC(=O)c1ccc(Cl)c(S(C)(=O)=O)c1)C(=O)Nc1cccc(C(F)(F)F)c1. The molecule has 0 saturated carbocycles. The molecule has 0 aromatic heterocycles. The summed E-state index contributed by atoms with van der Waals surface area (Å²) in [6, 6.07) is 7.38. The topological polar surface area (TPSA) is 89.5 Å². The largest absolute Gasteiger partial charge is 0.449 e. The highest BCUT2D eigenvalue weighted by Gasteiger charge is 2.30. The smallest absolute Gasteiger partial charge is 0.416 e. The van der Waals surface area contributed by atoms with Crippen molar-refractivity contribution in [2.45, 2.75) is 24.1 Å². The molecule has 2 aromatic carbocycles. The summed E-state index contributed by atoms with van der Waals surface area (Å²) in [5.74, 6) is -1.87. The molecule has 2 aromatic rings. The third-order valence-electron chi connectivity index (χ3n) is 3.68. The van der Waals surface area contributed by atoms with Gasteiger partial charge in [-0.25, -0.2) is 13.2 Å². The number of nitrogens with one attached hydrogen (secondary N) is 1. The van der Waals surface area contributed by atoms with Crippen molar-refractivity contribution in [2.75, 3.05) is 11.6 Å². The first-order valence-corrected chi connectivity index (χ1v) is 10.2. The monoisotopic (exact) mass is 449 g/mol. The number of carbonyl (C=O) groups is 2. The van der Waals surface area contributed by atoms with Crippen molar-refractivity contribution in [1.29, 1.82) is 0 Å². The Kier molecular flexibility index (Phi) is 6.59. The van der Waals surface area contributed by atoms with Gasteiger partial charge in [0.2, 0.25) is 0 Å². The van der Waals surface area contributed by atoms with Gasteiger partial charge in [-0.05, 0) is 43.3 Å². The molecule has 1 atom stereocenters. The summed E-state index contributed by atoms with van der Waals surface area (Å²) in [5, 5.41) is 2.14. The predicted octanol–water partition coefficient (Wildman–Crippen LogP) is 3.95. The Labute approximate surface area is 169 Å². The Bertz CT molecular complexity index is 1050. The van der Waals surface area contributed by atoms with E-state index in [1.54, 1.807) is 0 Å². The van der Waals surface area contributed by atoms with Gasteiger partial charge in [-0.2, -0.15) is 13.2 Å². The Balaban J connectivity index is 2.11. The molecule has 0 fully saturated rings. The van der Waals surface area contributed by atoms with Crippen LogP contribution in [0.15, 0.2) is 47.4 Å². The lowest BCUT2D eigenvalue weighted by Gasteiger charge is -2.15. The minimum Gasteiger partial charge on any atom is -0.449 e. The maximum absolute atomic E-state index is 12.7. The highest BCUT2D eigenvalue weighted by atomic mass is 35.5. The molecule has 1 unspecified atom stereocenters. The van der Waals surface area contributed by atoms with Crippen molar-refractivity contribution in [3.63, 3.8) is 0 Å². The van der Waals surface area contributed by atoms with Crippen LogP contribution in [0.2, 0.25) is 5.02 Å². The normalized spacial score (nSPS) is 12.9. The lowest BCUT2D eigenvalue weighted by atomic mass is 10.2. The predicted molar refractivity (Wildman–Crippen MR) is 99.5 cm³/mol. The van der Waals surface area contributed by atoms with Crippen LogP contribution in [-0.2, 0) is 25.5 Å². The van der Waals surface area contributed by atoms with Crippen LogP contribution in [0.3, 0.4) is 0 Å². The van der Waals surface area contributed by atoms with E-state index in [0.717, 1.165) is 30.5 Å². The van der Waals surface area contributed by atoms with Gasteiger partial charge in [0.25, 0.3) is 5.91 Å². The average Bonchev–Trinajstić information content (AvgIpc) is 2.60. The summed E-state index contributed by atoms with van der Waals surface area (Å²) in [5.41, 5.74) is -1.23. The fourth-order valence-electron chi connectivity index (χ4n) is 2.21. The van der Waals surface area contributed by atoms with Gasteiger partial charge in [0.05, 0.1) is 21.0 Å². The van der Waals surface area contributed by atoms with E-state index in [2.05, 4.69) is 5.32 Å². The van der Waals surface area contributed by atoms with E-state index in [0.29, 0.717) is 0 Å². The molecule has 1 N–H and O–H groups in total. The van der Waals surface area contributed by atoms with Crippen molar-refractivity contribution in [3.8, 4) is 0 Å². The Morgan fingerprint density at radius 3 is 2.38 bits per heavy atom. The van der Waals surface area contributed by atoms with Crippen LogP contribution in [0.25, 0.3) is 0 Å². The molecular formula is C18H15ClF3NO5S. The number of benzene rings is 2. The first-order valence-electron chi connectivity index (χ1n) is 7.98. The number of halogens is 4. The second kappa shape index (κ2) is 8.42. The molecule has 0 aliphatic rings. The van der Waals surface area contributed by atoms with Gasteiger partial charge in [0, 0.05) is 11.9 Å². The molecule has 0 radical (unpaired) electrons. The Morgan fingerprint density at radius 2 is 1.79 bits per heavy atom. The van der Waals surface area contributed by atoms with Crippen LogP contribution in [0.4, 0.5) is 18.9 Å². The van der Waals surface area contributed by atoms with Gasteiger partial charge in [-0.15, -0.1) is 0 Å². The second-order valence-electron chi connectivity index (χ2n) is 6.03. The average molecular weight is 450 g/mol. The number of amides is 1. The zero-order valence-electron chi connectivity index (χ0n) is 15.1. The summed E-state index contributed by atoms with van der Waals surface area (Å²) < 4.78 is 66.5. The quantitative estimate of drug-likeness (QED) is 0.698. The number of anilines is 1. The van der Waals surface area contributed by atoms with E-state index >= 15 is 0 Å². The van der Waals surface area contributed by atoms with Crippen LogP contribution < -0.4 is 5.32 Å². The van der Waals surface area contributed by atoms with Crippen LogP contribution in [-0.4, -0.2) is 32.7 Å². The van der Waals surface area contributed by atoms with E-state index in [1.807, 2.05) is 0 Å². The molecule has 11 heteroatoms. The number of hydrogen-bond acceptors (Lipinski definition) is 5. The first kappa shape index (κ1) is 22.7. The van der Waals surface area contributed by atoms with E-state index in [1.165, 1.54) is 25.1 Å². The van der Waals surface area contributed by atoms with Gasteiger partial charge >= 0.3 is 12.1 Å². The molecular weight excluding hydrogens is 435 g/mol. The molecule has 0 spiro atoms. The molecule has 0 saturated heterocycles. The minimum absolute atomic E-state index is 0.0839. The van der Waals surface area contributed by atoms with Gasteiger partial charge in [-0.1, -0.05) is 17.7 Å². The van der Waals surface area contributed by atoms with E-state index in [4.69, 9.17) is 16.3 Å². The second-order valence-corrected chi connectivity index (χ2v) is 8.42. The summed E-state index contributed by atoms with van der Waals surface area (Å²) in [7, 11) is -3.70. The molecule has 0 heterocycles. The molecule has 0 aliphatic carbocycles. The van der Waals surface area contributed by atoms with Crippen LogP contribution >= 0.6 is 11.6 Å². The van der Waals surface area contributed by atoms with Crippen molar-refractivity contribution in [3.05, 3.63) is 58.6 Å². The number of esters is 1. The van der Waals surface area contributed by atoms with Crippen molar-refractivity contribution >= 4 is 39.0 Å². The standard InChI is InChI=1S/C18H15ClF3NO5S/c1-10(16(24)23-13-5-3-4-12(9-13)18(20,21)22)28-17(25)11-6-7-14(19)15(8-11)29(2,26)27/h3-10H,1-2H3,(H,23,24). The van der Waals surface area contributed by atoms with E-state index < -0.39 is 39.6 Å². The zero-order valence-corrected chi connectivity index (χ0v) is 16.7. The van der Waals surface area contributed by atoms with Crippen molar-refractivity contribution in [1.82, 2.24) is 0 Å². The number of hydrogen-bond donors (Lipinski definition) is 1. The highest BCUT2D eigenvalue weighted by Crippen LogP contribution is 2.30. The fraction of sp³-hybridized carbons (Fsp3) is 0.222. The first-order chi connectivity index (χ1) is 13.3. The molecule has 6 nitrogen and oxygen atoms in total. The molecule has 0 bridgehead atoms. The van der Waals surface area contributed by atoms with Crippen molar-refractivity contribution < 1.29 is 35.9 Å². The molecule has 1 amide bonds. The van der Waals surface area contributed by atoms with E-state index in [-0.39, 0.29) is 21.2 Å². The molecule has 0 aliphatic heterocycles. The fourth-order valence-corrected chi connectivity index (χ4v) is 3.52. The Morgan fingerprint density at radius 1 is 1.14 bits per heavy atom. The van der Waals surface area contributed by atoms with E-state index in [9.17, 15) is 31.2 Å². The number of rotatable bonds is 5. The number of sulfone groups is 1.